The molecular weight excluding hydrogens is 326 g/mol. The van der Waals surface area contributed by atoms with Gasteiger partial charge < -0.3 is 16.0 Å². The topological polar surface area (TPSA) is 75.4 Å². The number of nitrogens with one attached hydrogen (secondary N) is 1. The molecule has 1 saturated carbocycles. The molecule has 0 bridgehead atoms. The van der Waals surface area contributed by atoms with Crippen LogP contribution in [0.4, 0.5) is 0 Å². The van der Waals surface area contributed by atoms with Crippen molar-refractivity contribution in [2.75, 3.05) is 13.1 Å². The molecule has 5 nitrogen and oxygen atoms in total. The zero-order valence-corrected chi connectivity index (χ0v) is 14.6. The summed E-state index contributed by atoms with van der Waals surface area (Å²) in [5, 5.41) is 2.96. The minimum Gasteiger partial charge on any atom is -0.344 e. The quantitative estimate of drug-likeness (QED) is 0.847. The van der Waals surface area contributed by atoms with E-state index in [2.05, 4.69) is 5.32 Å². The van der Waals surface area contributed by atoms with E-state index in [0.29, 0.717) is 26.1 Å². The SMILES string of the molecule is Cl.NC[C@H]1CCC[C@H]1C(=O)NC1CCN(Cc2ccccc2)C1=O. The van der Waals surface area contributed by atoms with Crippen LogP contribution < -0.4 is 11.1 Å². The molecule has 1 aliphatic heterocycles. The Morgan fingerprint density at radius 1 is 1.21 bits per heavy atom. The summed E-state index contributed by atoms with van der Waals surface area (Å²) in [7, 11) is 0. The Labute approximate surface area is 149 Å². The molecule has 132 valence electrons. The first-order chi connectivity index (χ1) is 11.2. The maximum atomic E-state index is 12.5. The molecule has 1 aromatic carbocycles. The van der Waals surface area contributed by atoms with E-state index in [9.17, 15) is 9.59 Å². The van der Waals surface area contributed by atoms with Gasteiger partial charge in [-0.05, 0) is 37.3 Å². The standard InChI is InChI=1S/C18H25N3O2.ClH/c19-11-14-7-4-8-15(14)17(22)20-16-9-10-21(18(16)23)12-13-5-2-1-3-6-13;/h1-3,5-6,14-16H,4,7-12,19H2,(H,20,22);1H/t14-,15-,16?;/m1./s1. The third kappa shape index (κ3) is 4.08. The van der Waals surface area contributed by atoms with Crippen molar-refractivity contribution in [3.63, 3.8) is 0 Å². The fourth-order valence-electron chi connectivity index (χ4n) is 3.78. The Kier molecular flexibility index (Phi) is 6.63. The smallest absolute Gasteiger partial charge is 0.245 e. The van der Waals surface area contributed by atoms with E-state index in [0.717, 1.165) is 24.8 Å². The molecular formula is C18H26ClN3O2. The third-order valence-corrected chi connectivity index (χ3v) is 5.13. The van der Waals surface area contributed by atoms with Gasteiger partial charge in [0.25, 0.3) is 0 Å². The van der Waals surface area contributed by atoms with Gasteiger partial charge in [-0.2, -0.15) is 0 Å². The lowest BCUT2D eigenvalue weighted by atomic mass is 9.95. The van der Waals surface area contributed by atoms with Crippen molar-refractivity contribution in [2.45, 2.75) is 38.3 Å². The van der Waals surface area contributed by atoms with Crippen LogP contribution in [0.3, 0.4) is 0 Å². The fraction of sp³-hybridized carbons (Fsp3) is 0.556. The molecule has 0 radical (unpaired) electrons. The minimum absolute atomic E-state index is 0. The fourth-order valence-corrected chi connectivity index (χ4v) is 3.78. The Hall–Kier alpha value is -1.59. The van der Waals surface area contributed by atoms with Crippen LogP contribution in [-0.4, -0.2) is 35.8 Å². The number of halogens is 1. The normalized spacial score (nSPS) is 26.3. The molecule has 6 heteroatoms. The van der Waals surface area contributed by atoms with Crippen LogP contribution in [0.25, 0.3) is 0 Å². The number of nitrogens with zero attached hydrogens (tertiary/aromatic N) is 1. The van der Waals surface area contributed by atoms with Crippen LogP contribution >= 0.6 is 12.4 Å². The summed E-state index contributed by atoms with van der Waals surface area (Å²) in [4.78, 5) is 26.8. The molecule has 2 fully saturated rings. The molecule has 2 amide bonds. The molecule has 3 rings (SSSR count). The number of benzene rings is 1. The number of nitrogens with two attached hydrogens (primary N) is 1. The van der Waals surface area contributed by atoms with Crippen LogP contribution in [-0.2, 0) is 16.1 Å². The zero-order valence-electron chi connectivity index (χ0n) is 13.8. The van der Waals surface area contributed by atoms with Crippen molar-refractivity contribution >= 4 is 24.2 Å². The van der Waals surface area contributed by atoms with Gasteiger partial charge in [0.05, 0.1) is 0 Å². The summed E-state index contributed by atoms with van der Waals surface area (Å²) < 4.78 is 0. The molecule has 1 aliphatic carbocycles. The monoisotopic (exact) mass is 351 g/mol. The lowest BCUT2D eigenvalue weighted by molar-refractivity contribution is -0.134. The summed E-state index contributed by atoms with van der Waals surface area (Å²) in [5.41, 5.74) is 6.87. The second-order valence-corrected chi connectivity index (χ2v) is 6.63. The number of hydrogen-bond donors (Lipinski definition) is 2. The molecule has 1 saturated heterocycles. The van der Waals surface area contributed by atoms with Crippen LogP contribution in [0, 0.1) is 11.8 Å². The number of likely N-dealkylation sites (tertiary alicyclic amines) is 1. The number of carbonyl (C=O) groups excluding carboxylic acids is 2. The predicted molar refractivity (Wildman–Crippen MR) is 95.5 cm³/mol. The highest BCUT2D eigenvalue weighted by atomic mass is 35.5. The van der Waals surface area contributed by atoms with Crippen molar-refractivity contribution in [1.82, 2.24) is 10.2 Å². The lowest BCUT2D eigenvalue weighted by Gasteiger charge is -2.21. The Bertz CT molecular complexity index is 567. The van der Waals surface area contributed by atoms with Gasteiger partial charge in [0.15, 0.2) is 0 Å². The third-order valence-electron chi connectivity index (χ3n) is 5.13. The van der Waals surface area contributed by atoms with E-state index in [1.807, 2.05) is 35.2 Å². The van der Waals surface area contributed by atoms with Crippen molar-refractivity contribution in [3.05, 3.63) is 35.9 Å². The Balaban J connectivity index is 0.00000208. The van der Waals surface area contributed by atoms with E-state index >= 15 is 0 Å². The number of carbonyl (C=O) groups is 2. The first kappa shape index (κ1) is 18.7. The van der Waals surface area contributed by atoms with Gasteiger partial charge in [-0.15, -0.1) is 12.4 Å². The van der Waals surface area contributed by atoms with Crippen LogP contribution in [0.2, 0.25) is 0 Å². The van der Waals surface area contributed by atoms with Crippen molar-refractivity contribution in [3.8, 4) is 0 Å². The summed E-state index contributed by atoms with van der Waals surface area (Å²) in [6.45, 7) is 1.86. The molecule has 3 atom stereocenters. The summed E-state index contributed by atoms with van der Waals surface area (Å²) in [5.74, 6) is 0.297. The summed E-state index contributed by atoms with van der Waals surface area (Å²) >= 11 is 0. The molecule has 1 aromatic rings. The number of rotatable bonds is 5. The Morgan fingerprint density at radius 3 is 2.67 bits per heavy atom. The minimum atomic E-state index is -0.370. The first-order valence-electron chi connectivity index (χ1n) is 8.52. The highest BCUT2D eigenvalue weighted by molar-refractivity contribution is 5.90. The van der Waals surface area contributed by atoms with Crippen molar-refractivity contribution in [1.29, 1.82) is 0 Å². The molecule has 2 aliphatic rings. The molecule has 0 aromatic heterocycles. The average molecular weight is 352 g/mol. The van der Waals surface area contributed by atoms with E-state index in [1.54, 1.807) is 0 Å². The maximum absolute atomic E-state index is 12.5. The van der Waals surface area contributed by atoms with Crippen molar-refractivity contribution < 1.29 is 9.59 Å². The van der Waals surface area contributed by atoms with Gasteiger partial charge in [0, 0.05) is 19.0 Å². The predicted octanol–water partition coefficient (Wildman–Crippen LogP) is 1.70. The van der Waals surface area contributed by atoms with E-state index in [-0.39, 0.29) is 42.1 Å². The zero-order chi connectivity index (χ0) is 16.2. The largest absolute Gasteiger partial charge is 0.344 e. The van der Waals surface area contributed by atoms with E-state index in [1.165, 1.54) is 0 Å². The summed E-state index contributed by atoms with van der Waals surface area (Å²) in [6, 6.07) is 9.58. The van der Waals surface area contributed by atoms with Gasteiger partial charge in [0.1, 0.15) is 6.04 Å². The second kappa shape index (κ2) is 8.49. The van der Waals surface area contributed by atoms with E-state index in [4.69, 9.17) is 5.73 Å². The van der Waals surface area contributed by atoms with Crippen LogP contribution in [0.15, 0.2) is 30.3 Å². The molecule has 24 heavy (non-hydrogen) atoms. The maximum Gasteiger partial charge on any atom is 0.245 e. The molecule has 1 unspecified atom stereocenters. The highest BCUT2D eigenvalue weighted by Gasteiger charge is 2.37. The van der Waals surface area contributed by atoms with Crippen molar-refractivity contribution in [2.24, 2.45) is 17.6 Å². The van der Waals surface area contributed by atoms with Crippen LogP contribution in [0.1, 0.15) is 31.2 Å². The summed E-state index contributed by atoms with van der Waals surface area (Å²) in [6.07, 6.45) is 3.66. The molecule has 3 N–H and O–H groups in total. The lowest BCUT2D eigenvalue weighted by Crippen LogP contribution is -2.45. The molecule has 0 spiro atoms. The van der Waals surface area contributed by atoms with Crippen LogP contribution in [0.5, 0.6) is 0 Å². The molecule has 1 heterocycles. The van der Waals surface area contributed by atoms with E-state index < -0.39 is 0 Å². The number of amides is 2. The second-order valence-electron chi connectivity index (χ2n) is 6.63. The van der Waals surface area contributed by atoms with Gasteiger partial charge in [0.2, 0.25) is 11.8 Å². The Morgan fingerprint density at radius 2 is 1.96 bits per heavy atom. The van der Waals surface area contributed by atoms with Gasteiger partial charge in [-0.3, -0.25) is 9.59 Å². The highest BCUT2D eigenvalue weighted by Crippen LogP contribution is 2.31. The first-order valence-corrected chi connectivity index (χ1v) is 8.52. The van der Waals surface area contributed by atoms with Gasteiger partial charge in [-0.1, -0.05) is 36.8 Å². The average Bonchev–Trinajstić information content (AvgIpc) is 3.17. The van der Waals surface area contributed by atoms with Gasteiger partial charge in [-0.25, -0.2) is 0 Å². The number of hydrogen-bond acceptors (Lipinski definition) is 3. The van der Waals surface area contributed by atoms with Gasteiger partial charge >= 0.3 is 0 Å².